The number of amides is 1. The number of rotatable bonds is 7. The number of methoxy groups -OCH3 is 1. The summed E-state index contributed by atoms with van der Waals surface area (Å²) in [6, 6.07) is 15.0. The van der Waals surface area contributed by atoms with Crippen LogP contribution in [-0.2, 0) is 6.42 Å². The number of ether oxygens (including phenoxy) is 1. The largest absolute Gasteiger partial charge is 0.494 e. The van der Waals surface area contributed by atoms with E-state index in [1.54, 1.807) is 49.7 Å². The van der Waals surface area contributed by atoms with Crippen molar-refractivity contribution in [3.8, 4) is 22.7 Å². The van der Waals surface area contributed by atoms with Crippen LogP contribution in [0.25, 0.3) is 16.9 Å². The first kappa shape index (κ1) is 20.1. The van der Waals surface area contributed by atoms with Crippen LogP contribution >= 0.6 is 0 Å². The zero-order valence-electron chi connectivity index (χ0n) is 16.7. The molecule has 1 amide bonds. The van der Waals surface area contributed by atoms with Crippen molar-refractivity contribution in [3.05, 3.63) is 84.1 Å². The molecule has 0 atom stereocenters. The molecular weight excluding hydrogens is 399 g/mol. The average Bonchev–Trinajstić information content (AvgIpc) is 3.35. The van der Waals surface area contributed by atoms with E-state index in [2.05, 4.69) is 25.8 Å². The summed E-state index contributed by atoms with van der Waals surface area (Å²) < 4.78 is 19.9. The summed E-state index contributed by atoms with van der Waals surface area (Å²) in [5.41, 5.74) is 3.26. The molecular formula is C22H19FN6O2. The minimum absolute atomic E-state index is 0.256. The van der Waals surface area contributed by atoms with Crippen molar-refractivity contribution in [2.24, 2.45) is 0 Å². The maximum atomic E-state index is 13.0. The SMILES string of the molecule is COc1cccnc1-c1cc(C(=O)NCCc2ccc(F)cc2)cc(-n2cnnn2)c1. The Balaban J connectivity index is 1.60. The van der Waals surface area contributed by atoms with Crippen LogP contribution < -0.4 is 10.1 Å². The molecule has 4 aromatic rings. The lowest BCUT2D eigenvalue weighted by atomic mass is 10.0. The van der Waals surface area contributed by atoms with E-state index in [1.807, 2.05) is 6.07 Å². The van der Waals surface area contributed by atoms with Crippen molar-refractivity contribution in [2.75, 3.05) is 13.7 Å². The van der Waals surface area contributed by atoms with Crippen LogP contribution in [0.3, 0.4) is 0 Å². The third-order valence-electron chi connectivity index (χ3n) is 4.67. The molecule has 0 saturated heterocycles. The summed E-state index contributed by atoms with van der Waals surface area (Å²) in [6.07, 6.45) is 3.69. The van der Waals surface area contributed by atoms with Gasteiger partial charge in [-0.1, -0.05) is 12.1 Å². The first-order valence-electron chi connectivity index (χ1n) is 9.54. The maximum absolute atomic E-state index is 13.0. The van der Waals surface area contributed by atoms with Crippen LogP contribution in [0.5, 0.6) is 5.75 Å². The molecule has 0 bridgehead atoms. The summed E-state index contributed by atoms with van der Waals surface area (Å²) in [4.78, 5) is 17.3. The van der Waals surface area contributed by atoms with Gasteiger partial charge in [-0.2, -0.15) is 0 Å². The van der Waals surface area contributed by atoms with Crippen LogP contribution in [0.1, 0.15) is 15.9 Å². The lowest BCUT2D eigenvalue weighted by Crippen LogP contribution is -2.26. The second-order valence-corrected chi connectivity index (χ2v) is 6.71. The number of hydrogen-bond acceptors (Lipinski definition) is 6. The molecule has 2 heterocycles. The predicted octanol–water partition coefficient (Wildman–Crippen LogP) is 2.84. The molecule has 31 heavy (non-hydrogen) atoms. The van der Waals surface area contributed by atoms with E-state index < -0.39 is 0 Å². The number of tetrazole rings is 1. The number of halogens is 1. The monoisotopic (exact) mass is 418 g/mol. The Hall–Kier alpha value is -4.14. The van der Waals surface area contributed by atoms with Crippen molar-refractivity contribution < 1.29 is 13.9 Å². The molecule has 0 aliphatic carbocycles. The van der Waals surface area contributed by atoms with Gasteiger partial charge in [0.1, 0.15) is 23.6 Å². The molecule has 2 aromatic heterocycles. The van der Waals surface area contributed by atoms with E-state index in [0.29, 0.717) is 41.2 Å². The van der Waals surface area contributed by atoms with Gasteiger partial charge in [0.2, 0.25) is 0 Å². The number of hydrogen-bond donors (Lipinski definition) is 1. The molecule has 156 valence electrons. The average molecular weight is 418 g/mol. The summed E-state index contributed by atoms with van der Waals surface area (Å²) >= 11 is 0. The molecule has 0 fully saturated rings. The molecule has 2 aromatic carbocycles. The molecule has 1 N–H and O–H groups in total. The third-order valence-corrected chi connectivity index (χ3v) is 4.67. The maximum Gasteiger partial charge on any atom is 0.251 e. The van der Waals surface area contributed by atoms with Crippen molar-refractivity contribution in [2.45, 2.75) is 6.42 Å². The van der Waals surface area contributed by atoms with Gasteiger partial charge in [-0.05, 0) is 64.9 Å². The Morgan fingerprint density at radius 2 is 2.00 bits per heavy atom. The molecule has 0 saturated carbocycles. The number of aromatic nitrogens is 5. The van der Waals surface area contributed by atoms with Gasteiger partial charge in [-0.3, -0.25) is 9.78 Å². The minimum Gasteiger partial charge on any atom is -0.494 e. The second-order valence-electron chi connectivity index (χ2n) is 6.71. The zero-order valence-corrected chi connectivity index (χ0v) is 16.7. The van der Waals surface area contributed by atoms with Gasteiger partial charge in [0.15, 0.2) is 0 Å². The number of carbonyl (C=O) groups is 1. The van der Waals surface area contributed by atoms with Gasteiger partial charge in [-0.15, -0.1) is 5.10 Å². The third kappa shape index (κ3) is 4.72. The van der Waals surface area contributed by atoms with E-state index in [9.17, 15) is 9.18 Å². The molecule has 0 aliphatic rings. The lowest BCUT2D eigenvalue weighted by Gasteiger charge is -2.12. The van der Waals surface area contributed by atoms with Crippen molar-refractivity contribution in [1.29, 1.82) is 0 Å². The van der Waals surface area contributed by atoms with E-state index in [-0.39, 0.29) is 11.7 Å². The van der Waals surface area contributed by atoms with Crippen LogP contribution in [0.4, 0.5) is 4.39 Å². The Kier molecular flexibility index (Phi) is 5.93. The van der Waals surface area contributed by atoms with Gasteiger partial charge >= 0.3 is 0 Å². The summed E-state index contributed by atoms with van der Waals surface area (Å²) in [7, 11) is 1.56. The van der Waals surface area contributed by atoms with E-state index >= 15 is 0 Å². The summed E-state index contributed by atoms with van der Waals surface area (Å²) in [5.74, 6) is 0.0388. The van der Waals surface area contributed by atoms with Crippen molar-refractivity contribution in [1.82, 2.24) is 30.5 Å². The quantitative estimate of drug-likeness (QED) is 0.496. The van der Waals surface area contributed by atoms with Crippen molar-refractivity contribution in [3.63, 3.8) is 0 Å². The van der Waals surface area contributed by atoms with Crippen molar-refractivity contribution >= 4 is 5.91 Å². The van der Waals surface area contributed by atoms with Gasteiger partial charge in [0.05, 0.1) is 12.8 Å². The standard InChI is InChI=1S/C22H19FN6O2/c1-31-20-3-2-9-24-21(20)16-11-17(13-19(12-16)29-14-26-27-28-29)22(30)25-10-8-15-4-6-18(23)7-5-15/h2-7,9,11-14H,8,10H2,1H3,(H,25,30). The van der Waals surface area contributed by atoms with Crippen LogP contribution in [0, 0.1) is 5.82 Å². The molecule has 0 radical (unpaired) electrons. The van der Waals surface area contributed by atoms with Gasteiger partial charge < -0.3 is 10.1 Å². The highest BCUT2D eigenvalue weighted by molar-refractivity contribution is 5.96. The minimum atomic E-state index is -0.287. The van der Waals surface area contributed by atoms with E-state index in [1.165, 1.54) is 23.1 Å². The molecule has 0 spiro atoms. The highest BCUT2D eigenvalue weighted by Gasteiger charge is 2.14. The first-order valence-corrected chi connectivity index (χ1v) is 9.54. The molecule has 8 nitrogen and oxygen atoms in total. The highest BCUT2D eigenvalue weighted by atomic mass is 19.1. The Bertz CT molecular complexity index is 1180. The smallest absolute Gasteiger partial charge is 0.251 e. The lowest BCUT2D eigenvalue weighted by molar-refractivity contribution is 0.0954. The fraction of sp³-hybridized carbons (Fsp3) is 0.136. The zero-order chi connectivity index (χ0) is 21.6. The van der Waals surface area contributed by atoms with Gasteiger partial charge in [0.25, 0.3) is 5.91 Å². The molecule has 0 unspecified atom stereocenters. The Labute approximate surface area is 177 Å². The van der Waals surface area contributed by atoms with Crippen LogP contribution in [-0.4, -0.2) is 44.8 Å². The summed E-state index contributed by atoms with van der Waals surface area (Å²) in [6.45, 7) is 0.405. The normalized spacial score (nSPS) is 10.6. The van der Waals surface area contributed by atoms with E-state index in [4.69, 9.17) is 4.74 Å². The van der Waals surface area contributed by atoms with Gasteiger partial charge in [0, 0.05) is 23.9 Å². The molecule has 9 heteroatoms. The fourth-order valence-electron chi connectivity index (χ4n) is 3.14. The molecule has 4 rings (SSSR count). The number of benzene rings is 2. The number of pyridine rings is 1. The first-order chi connectivity index (χ1) is 15.1. The number of nitrogens with one attached hydrogen (secondary N) is 1. The summed E-state index contributed by atoms with van der Waals surface area (Å²) in [5, 5.41) is 14.1. The topological polar surface area (TPSA) is 94.8 Å². The molecule has 0 aliphatic heterocycles. The van der Waals surface area contributed by atoms with Crippen LogP contribution in [0.2, 0.25) is 0 Å². The Morgan fingerprint density at radius 3 is 2.74 bits per heavy atom. The van der Waals surface area contributed by atoms with Gasteiger partial charge in [-0.25, -0.2) is 9.07 Å². The Morgan fingerprint density at radius 1 is 1.16 bits per heavy atom. The fourth-order valence-corrected chi connectivity index (χ4v) is 3.14. The predicted molar refractivity (Wildman–Crippen MR) is 111 cm³/mol. The van der Waals surface area contributed by atoms with E-state index in [0.717, 1.165) is 5.56 Å². The number of nitrogens with zero attached hydrogens (tertiary/aromatic N) is 5. The highest BCUT2D eigenvalue weighted by Crippen LogP contribution is 2.29. The second kappa shape index (κ2) is 9.12. The number of carbonyl (C=O) groups excluding carboxylic acids is 1. The van der Waals surface area contributed by atoms with Crippen LogP contribution in [0.15, 0.2) is 67.1 Å².